The summed E-state index contributed by atoms with van der Waals surface area (Å²) in [5.41, 5.74) is 3.05. The van der Waals surface area contributed by atoms with Crippen molar-refractivity contribution in [2.45, 2.75) is 39.8 Å². The number of anilines is 3. The lowest BCUT2D eigenvalue weighted by Crippen LogP contribution is -2.40. The minimum atomic E-state index is 0.413. The third-order valence-electron chi connectivity index (χ3n) is 6.34. The van der Waals surface area contributed by atoms with Crippen LogP contribution in [0.4, 0.5) is 17.5 Å². The molecule has 202 valence electrons. The summed E-state index contributed by atoms with van der Waals surface area (Å²) >= 11 is 0. The SMILES string of the molecule is COc1cc(Nc2nc(NCCN(C(C)C)C(C)C)c3ncn(-c4ccccc4)c3n2)cc(OC)c1OC. The van der Waals surface area contributed by atoms with Crippen molar-refractivity contribution in [3.8, 4) is 22.9 Å². The molecule has 0 radical (unpaired) electrons. The second kappa shape index (κ2) is 12.0. The summed E-state index contributed by atoms with van der Waals surface area (Å²) in [5, 5.41) is 6.82. The predicted octanol–water partition coefficient (Wildman–Crippen LogP) is 5.12. The maximum Gasteiger partial charge on any atom is 0.231 e. The fourth-order valence-electron chi connectivity index (χ4n) is 4.56. The molecule has 0 saturated carbocycles. The number of hydrogen-bond acceptors (Lipinski definition) is 9. The van der Waals surface area contributed by atoms with Gasteiger partial charge in [0.05, 0.1) is 21.3 Å². The fraction of sp³-hybridized carbons (Fsp3) is 0.393. The average molecular weight is 520 g/mol. The van der Waals surface area contributed by atoms with Gasteiger partial charge in [-0.15, -0.1) is 0 Å². The lowest BCUT2D eigenvalue weighted by atomic mass is 10.2. The van der Waals surface area contributed by atoms with Crippen molar-refractivity contribution in [1.29, 1.82) is 0 Å². The second-order valence-electron chi connectivity index (χ2n) is 9.41. The summed E-state index contributed by atoms with van der Waals surface area (Å²) in [6.07, 6.45) is 1.78. The van der Waals surface area contributed by atoms with E-state index in [9.17, 15) is 0 Å². The molecule has 0 spiro atoms. The van der Waals surface area contributed by atoms with Gasteiger partial charge in [-0.25, -0.2) is 4.98 Å². The third-order valence-corrected chi connectivity index (χ3v) is 6.34. The van der Waals surface area contributed by atoms with Gasteiger partial charge in [-0.2, -0.15) is 9.97 Å². The molecule has 0 atom stereocenters. The van der Waals surface area contributed by atoms with Gasteiger partial charge in [0.25, 0.3) is 0 Å². The van der Waals surface area contributed by atoms with Gasteiger partial charge in [0.15, 0.2) is 28.5 Å². The van der Waals surface area contributed by atoms with Crippen LogP contribution in [0.2, 0.25) is 0 Å². The van der Waals surface area contributed by atoms with Crippen molar-refractivity contribution >= 4 is 28.6 Å². The summed E-state index contributed by atoms with van der Waals surface area (Å²) in [6, 6.07) is 14.5. The van der Waals surface area contributed by atoms with Crippen LogP contribution in [0.5, 0.6) is 17.2 Å². The lowest BCUT2D eigenvalue weighted by Gasteiger charge is -2.30. The van der Waals surface area contributed by atoms with Crippen molar-refractivity contribution in [3.05, 3.63) is 48.8 Å². The van der Waals surface area contributed by atoms with Crippen LogP contribution in [0, 0.1) is 0 Å². The minimum Gasteiger partial charge on any atom is -0.493 e. The molecule has 0 bridgehead atoms. The zero-order chi connectivity index (χ0) is 27.2. The molecule has 38 heavy (non-hydrogen) atoms. The van der Waals surface area contributed by atoms with Gasteiger partial charge < -0.3 is 24.8 Å². The summed E-state index contributed by atoms with van der Waals surface area (Å²) in [7, 11) is 4.75. The van der Waals surface area contributed by atoms with E-state index in [1.165, 1.54) is 0 Å². The Morgan fingerprint density at radius 3 is 2.13 bits per heavy atom. The van der Waals surface area contributed by atoms with E-state index in [2.05, 4.69) is 48.2 Å². The standard InChI is InChI=1S/C28H37N7O3/c1-18(2)34(19(3)4)14-13-29-26-24-27(35(17-30-24)21-11-9-8-10-12-21)33-28(32-26)31-20-15-22(36-5)25(38-7)23(16-20)37-6/h8-12,15-19H,13-14H2,1-7H3,(H2,29,31,32,33). The summed E-state index contributed by atoms with van der Waals surface area (Å²) < 4.78 is 18.4. The second-order valence-corrected chi connectivity index (χ2v) is 9.41. The minimum absolute atomic E-state index is 0.413. The largest absolute Gasteiger partial charge is 0.493 e. The maximum absolute atomic E-state index is 5.51. The molecule has 0 amide bonds. The molecule has 10 nitrogen and oxygen atoms in total. The van der Waals surface area contributed by atoms with Gasteiger partial charge in [0.2, 0.25) is 11.7 Å². The van der Waals surface area contributed by atoms with Gasteiger partial charge in [-0.05, 0) is 39.8 Å². The van der Waals surface area contributed by atoms with E-state index >= 15 is 0 Å². The van der Waals surface area contributed by atoms with Crippen LogP contribution in [0.25, 0.3) is 16.9 Å². The molecule has 0 saturated heterocycles. The van der Waals surface area contributed by atoms with Gasteiger partial charge in [-0.3, -0.25) is 9.47 Å². The number of nitrogens with one attached hydrogen (secondary N) is 2. The van der Waals surface area contributed by atoms with Gasteiger partial charge in [0, 0.05) is 48.7 Å². The number of hydrogen-bond donors (Lipinski definition) is 2. The Morgan fingerprint density at radius 1 is 0.895 bits per heavy atom. The Morgan fingerprint density at radius 2 is 1.55 bits per heavy atom. The fourth-order valence-corrected chi connectivity index (χ4v) is 4.56. The molecular weight excluding hydrogens is 482 g/mol. The highest BCUT2D eigenvalue weighted by Gasteiger charge is 2.18. The lowest BCUT2D eigenvalue weighted by molar-refractivity contribution is 0.182. The summed E-state index contributed by atoms with van der Waals surface area (Å²) in [5.74, 6) is 2.65. The first-order chi connectivity index (χ1) is 18.4. The van der Waals surface area contributed by atoms with Crippen molar-refractivity contribution in [3.63, 3.8) is 0 Å². The number of rotatable bonds is 12. The van der Waals surface area contributed by atoms with Crippen molar-refractivity contribution < 1.29 is 14.2 Å². The van der Waals surface area contributed by atoms with Gasteiger partial charge >= 0.3 is 0 Å². The van der Waals surface area contributed by atoms with Crippen molar-refractivity contribution in [2.24, 2.45) is 0 Å². The molecule has 2 aromatic heterocycles. The first-order valence-corrected chi connectivity index (χ1v) is 12.7. The molecule has 0 fully saturated rings. The highest BCUT2D eigenvalue weighted by molar-refractivity contribution is 5.86. The van der Waals surface area contributed by atoms with E-state index in [1.807, 2.05) is 47.0 Å². The number of fused-ring (bicyclic) bond motifs is 1. The number of para-hydroxylation sites is 1. The molecule has 10 heteroatoms. The maximum atomic E-state index is 5.51. The first kappa shape index (κ1) is 27.0. The van der Waals surface area contributed by atoms with Crippen LogP contribution in [0.1, 0.15) is 27.7 Å². The van der Waals surface area contributed by atoms with Crippen LogP contribution < -0.4 is 24.8 Å². The molecule has 0 aliphatic carbocycles. The molecule has 4 rings (SSSR count). The molecule has 2 N–H and O–H groups in total. The van der Waals surface area contributed by atoms with E-state index in [4.69, 9.17) is 24.2 Å². The van der Waals surface area contributed by atoms with Crippen LogP contribution in [-0.2, 0) is 0 Å². The average Bonchev–Trinajstić information content (AvgIpc) is 3.34. The van der Waals surface area contributed by atoms with Crippen LogP contribution in [0.15, 0.2) is 48.8 Å². The summed E-state index contributed by atoms with van der Waals surface area (Å²) in [4.78, 5) is 16.7. The Labute approximate surface area is 224 Å². The predicted molar refractivity (Wildman–Crippen MR) is 152 cm³/mol. The highest BCUT2D eigenvalue weighted by atomic mass is 16.5. The third kappa shape index (κ3) is 5.75. The Balaban J connectivity index is 1.73. The Bertz CT molecular complexity index is 1320. The van der Waals surface area contributed by atoms with Gasteiger partial charge in [-0.1, -0.05) is 18.2 Å². The molecule has 2 heterocycles. The molecular formula is C28H37N7O3. The van der Waals surface area contributed by atoms with E-state index in [-0.39, 0.29) is 0 Å². The molecule has 2 aromatic carbocycles. The summed E-state index contributed by atoms with van der Waals surface area (Å²) in [6.45, 7) is 10.4. The van der Waals surface area contributed by atoms with Crippen LogP contribution in [-0.4, -0.2) is 70.9 Å². The topological polar surface area (TPSA) is 98.6 Å². The number of imidazole rings is 1. The van der Waals surface area contributed by atoms with Crippen molar-refractivity contribution in [2.75, 3.05) is 45.1 Å². The number of ether oxygens (including phenoxy) is 3. The first-order valence-electron chi connectivity index (χ1n) is 12.7. The normalized spacial score (nSPS) is 11.4. The van der Waals surface area contributed by atoms with E-state index in [0.717, 1.165) is 12.2 Å². The monoisotopic (exact) mass is 519 g/mol. The number of benzene rings is 2. The van der Waals surface area contributed by atoms with Crippen molar-refractivity contribution in [1.82, 2.24) is 24.4 Å². The van der Waals surface area contributed by atoms with Crippen LogP contribution in [0.3, 0.4) is 0 Å². The Hall–Kier alpha value is -4.05. The number of nitrogens with zero attached hydrogens (tertiary/aromatic N) is 5. The smallest absolute Gasteiger partial charge is 0.231 e. The zero-order valence-electron chi connectivity index (χ0n) is 23.1. The zero-order valence-corrected chi connectivity index (χ0v) is 23.1. The number of methoxy groups -OCH3 is 3. The van der Waals surface area contributed by atoms with E-state index < -0.39 is 0 Å². The van der Waals surface area contributed by atoms with E-state index in [0.29, 0.717) is 64.5 Å². The molecule has 0 aliphatic rings. The molecule has 4 aromatic rings. The molecule has 0 unspecified atom stereocenters. The molecule has 0 aliphatic heterocycles. The van der Waals surface area contributed by atoms with Crippen LogP contribution >= 0.6 is 0 Å². The van der Waals surface area contributed by atoms with Gasteiger partial charge in [0.1, 0.15) is 6.33 Å². The Kier molecular flexibility index (Phi) is 8.52. The van der Waals surface area contributed by atoms with E-state index in [1.54, 1.807) is 27.7 Å². The quantitative estimate of drug-likeness (QED) is 0.264. The number of aromatic nitrogens is 4. The highest BCUT2D eigenvalue weighted by Crippen LogP contribution is 2.40.